The van der Waals surface area contributed by atoms with E-state index >= 15 is 0 Å². The number of pyridine rings is 2. The van der Waals surface area contributed by atoms with Gasteiger partial charge in [0.1, 0.15) is 5.82 Å². The Balaban J connectivity index is 1.75. The lowest BCUT2D eigenvalue weighted by molar-refractivity contribution is -0.141. The molecule has 1 N–H and O–H groups in total. The maximum absolute atomic E-state index is 13.6. The van der Waals surface area contributed by atoms with E-state index in [-0.39, 0.29) is 35.7 Å². The smallest absolute Gasteiger partial charge is 0.235 e. The fourth-order valence-corrected chi connectivity index (χ4v) is 4.52. The zero-order chi connectivity index (χ0) is 20.2. The summed E-state index contributed by atoms with van der Waals surface area (Å²) in [5, 5.41) is 10.0. The van der Waals surface area contributed by atoms with Crippen LogP contribution >= 0.6 is 11.3 Å². The molecule has 1 aliphatic rings. The Labute approximate surface area is 164 Å². The Morgan fingerprint density at radius 1 is 1.25 bits per heavy atom. The summed E-state index contributed by atoms with van der Waals surface area (Å²) in [6.45, 7) is 5.49. The number of hydrogen-bond donors (Lipinski definition) is 1. The van der Waals surface area contributed by atoms with Crippen molar-refractivity contribution in [2.24, 2.45) is 11.3 Å². The lowest BCUT2D eigenvalue weighted by atomic mass is 9.82. The van der Waals surface area contributed by atoms with Gasteiger partial charge in [0.05, 0.1) is 28.4 Å². The van der Waals surface area contributed by atoms with Crippen molar-refractivity contribution < 1.29 is 19.1 Å². The number of carbonyl (C=O) groups excluding carboxylic acids is 2. The first-order chi connectivity index (χ1) is 13.2. The summed E-state index contributed by atoms with van der Waals surface area (Å²) in [5.41, 5.74) is 0.783. The average Bonchev–Trinajstić information content (AvgIpc) is 3.13. The minimum Gasteiger partial charge on any atom is -0.493 e. The number of halogens is 1. The molecule has 8 heteroatoms. The molecule has 3 aromatic rings. The van der Waals surface area contributed by atoms with E-state index in [1.54, 1.807) is 33.0 Å². The van der Waals surface area contributed by atoms with Crippen LogP contribution in [-0.4, -0.2) is 31.8 Å². The monoisotopic (exact) mass is 399 g/mol. The Morgan fingerprint density at radius 2 is 2.00 bits per heavy atom. The number of aromatic nitrogens is 2. The maximum atomic E-state index is 13.6. The van der Waals surface area contributed by atoms with Gasteiger partial charge in [0.2, 0.25) is 17.7 Å². The molecule has 0 radical (unpaired) electrons. The van der Waals surface area contributed by atoms with Gasteiger partial charge in [-0.05, 0) is 18.2 Å². The van der Waals surface area contributed by atoms with Crippen molar-refractivity contribution in [2.75, 3.05) is 0 Å². The van der Waals surface area contributed by atoms with Gasteiger partial charge in [-0.3, -0.25) is 19.5 Å². The number of fused-ring (bicyclic) bond motifs is 1. The molecule has 0 bridgehead atoms. The SMILES string of the molecule is CC1C(=O)N(Cc2cc3nccc(-c4cc(F)cnc4O)c3s2)C(=O)C1(C)C. The predicted octanol–water partition coefficient (Wildman–Crippen LogP) is 3.73. The van der Waals surface area contributed by atoms with Crippen LogP contribution in [-0.2, 0) is 16.1 Å². The Kier molecular flexibility index (Phi) is 4.19. The van der Waals surface area contributed by atoms with Gasteiger partial charge >= 0.3 is 0 Å². The summed E-state index contributed by atoms with van der Waals surface area (Å²) in [6.07, 6.45) is 2.51. The molecular formula is C20H18FN3O3S. The van der Waals surface area contributed by atoms with E-state index in [4.69, 9.17) is 0 Å². The minimum absolute atomic E-state index is 0.166. The molecule has 0 spiro atoms. The molecule has 4 heterocycles. The van der Waals surface area contributed by atoms with Crippen LogP contribution in [0.1, 0.15) is 25.6 Å². The van der Waals surface area contributed by atoms with Crippen molar-refractivity contribution in [3.8, 4) is 17.0 Å². The van der Waals surface area contributed by atoms with Gasteiger partial charge in [-0.15, -0.1) is 11.3 Å². The molecule has 2 amide bonds. The number of nitrogens with zero attached hydrogens (tertiary/aromatic N) is 3. The van der Waals surface area contributed by atoms with E-state index in [1.165, 1.54) is 22.3 Å². The first-order valence-electron chi connectivity index (χ1n) is 8.78. The third-order valence-corrected chi connectivity index (χ3v) is 6.56. The first-order valence-corrected chi connectivity index (χ1v) is 9.60. The van der Waals surface area contributed by atoms with Crippen LogP contribution in [0.25, 0.3) is 21.3 Å². The van der Waals surface area contributed by atoms with Gasteiger partial charge in [-0.2, -0.15) is 0 Å². The summed E-state index contributed by atoms with van der Waals surface area (Å²) < 4.78 is 14.4. The molecule has 1 saturated heterocycles. The second-order valence-electron chi connectivity index (χ2n) is 7.48. The number of hydrogen-bond acceptors (Lipinski definition) is 6. The van der Waals surface area contributed by atoms with Crippen LogP contribution in [0.15, 0.2) is 30.6 Å². The third kappa shape index (κ3) is 2.75. The van der Waals surface area contributed by atoms with Crippen LogP contribution in [0.5, 0.6) is 5.88 Å². The lowest BCUT2D eigenvalue weighted by Crippen LogP contribution is -2.32. The van der Waals surface area contributed by atoms with Crippen molar-refractivity contribution in [3.05, 3.63) is 41.3 Å². The van der Waals surface area contributed by atoms with Crippen molar-refractivity contribution in [3.63, 3.8) is 0 Å². The van der Waals surface area contributed by atoms with Crippen LogP contribution in [0.3, 0.4) is 0 Å². The predicted molar refractivity (Wildman–Crippen MR) is 103 cm³/mol. The molecule has 1 unspecified atom stereocenters. The molecule has 4 rings (SSSR count). The number of amides is 2. The maximum Gasteiger partial charge on any atom is 0.235 e. The van der Waals surface area contributed by atoms with Crippen LogP contribution in [0, 0.1) is 17.2 Å². The normalized spacial score (nSPS) is 19.0. The number of carbonyl (C=O) groups is 2. The molecule has 3 aromatic heterocycles. The van der Waals surface area contributed by atoms with Crippen LogP contribution in [0.2, 0.25) is 0 Å². The van der Waals surface area contributed by atoms with E-state index in [9.17, 15) is 19.1 Å². The highest BCUT2D eigenvalue weighted by Gasteiger charge is 2.50. The van der Waals surface area contributed by atoms with E-state index < -0.39 is 11.2 Å². The topological polar surface area (TPSA) is 83.4 Å². The highest BCUT2D eigenvalue weighted by atomic mass is 32.1. The zero-order valence-corrected chi connectivity index (χ0v) is 16.4. The molecule has 1 atom stereocenters. The third-order valence-electron chi connectivity index (χ3n) is 5.42. The average molecular weight is 399 g/mol. The summed E-state index contributed by atoms with van der Waals surface area (Å²) in [7, 11) is 0. The lowest BCUT2D eigenvalue weighted by Gasteiger charge is -2.18. The molecule has 6 nitrogen and oxygen atoms in total. The molecule has 0 aromatic carbocycles. The number of aromatic hydroxyl groups is 1. The van der Waals surface area contributed by atoms with Crippen molar-refractivity contribution in [1.82, 2.24) is 14.9 Å². The summed E-state index contributed by atoms with van der Waals surface area (Å²) >= 11 is 1.36. The quantitative estimate of drug-likeness (QED) is 0.679. The molecule has 0 aliphatic carbocycles. The minimum atomic E-state index is -0.726. The Hall–Kier alpha value is -2.87. The summed E-state index contributed by atoms with van der Waals surface area (Å²) in [4.78, 5) is 35.2. The van der Waals surface area contributed by atoms with Gasteiger partial charge < -0.3 is 5.11 Å². The largest absolute Gasteiger partial charge is 0.493 e. The van der Waals surface area contributed by atoms with Gasteiger partial charge in [0.25, 0.3) is 0 Å². The fraction of sp³-hybridized carbons (Fsp3) is 0.300. The molecule has 28 heavy (non-hydrogen) atoms. The number of likely N-dealkylation sites (tertiary alicyclic amines) is 1. The first kappa shape index (κ1) is 18.5. The fourth-order valence-electron chi connectivity index (χ4n) is 3.39. The van der Waals surface area contributed by atoms with Gasteiger partial charge in [-0.1, -0.05) is 20.8 Å². The van der Waals surface area contributed by atoms with Gasteiger partial charge in [-0.25, -0.2) is 9.37 Å². The van der Waals surface area contributed by atoms with E-state index in [0.717, 1.165) is 15.8 Å². The van der Waals surface area contributed by atoms with E-state index in [0.29, 0.717) is 11.1 Å². The highest BCUT2D eigenvalue weighted by molar-refractivity contribution is 7.19. The second-order valence-corrected chi connectivity index (χ2v) is 8.62. The summed E-state index contributed by atoms with van der Waals surface area (Å²) in [5.74, 6) is -1.59. The standard InChI is InChI=1S/C20H18FN3O3S/c1-10-18(26)24(19(27)20(10,2)3)9-12-7-15-16(28-12)13(4-5-22-15)14-6-11(21)8-23-17(14)25/h4-8,10H,9H2,1-3H3,(H,23,25). The van der Waals surface area contributed by atoms with Crippen molar-refractivity contribution >= 4 is 33.4 Å². The molecule has 144 valence electrons. The van der Waals surface area contributed by atoms with Gasteiger partial charge in [0.15, 0.2) is 0 Å². The molecule has 1 aliphatic heterocycles. The molecular weight excluding hydrogens is 381 g/mol. The van der Waals surface area contributed by atoms with Crippen LogP contribution in [0.4, 0.5) is 4.39 Å². The number of thiophene rings is 1. The van der Waals surface area contributed by atoms with E-state index in [1.807, 2.05) is 6.07 Å². The van der Waals surface area contributed by atoms with Gasteiger partial charge in [0, 0.05) is 28.1 Å². The number of rotatable bonds is 3. The van der Waals surface area contributed by atoms with E-state index in [2.05, 4.69) is 9.97 Å². The Morgan fingerprint density at radius 3 is 2.68 bits per heavy atom. The van der Waals surface area contributed by atoms with Crippen LogP contribution < -0.4 is 0 Å². The Bertz CT molecular complexity index is 1130. The molecule has 0 saturated carbocycles. The van der Waals surface area contributed by atoms with Crippen molar-refractivity contribution in [1.29, 1.82) is 0 Å². The molecule has 1 fully saturated rings. The second kappa shape index (κ2) is 6.34. The zero-order valence-electron chi connectivity index (χ0n) is 15.6. The summed E-state index contributed by atoms with van der Waals surface area (Å²) in [6, 6.07) is 4.70. The highest BCUT2D eigenvalue weighted by Crippen LogP contribution is 2.40. The van der Waals surface area contributed by atoms with Crippen molar-refractivity contribution in [2.45, 2.75) is 27.3 Å². The number of imide groups is 1.